The smallest absolute Gasteiger partial charge is 0.0669 e. The lowest BCUT2D eigenvalue weighted by Gasteiger charge is -2.14. The zero-order valence-electron chi connectivity index (χ0n) is 9.74. The standard InChI is InChI=1S/C14H18N2/c1-11-2-5-14(10-11)16-13-6-3-12(4-7-13)8-9-15/h3-4,6-7,11,14,16H,2,5,8,10H2,1H3. The van der Waals surface area contributed by atoms with Crippen LogP contribution >= 0.6 is 0 Å². The van der Waals surface area contributed by atoms with Gasteiger partial charge in [-0.15, -0.1) is 0 Å². The number of nitriles is 1. The molecule has 0 radical (unpaired) electrons. The maximum atomic E-state index is 8.58. The Hall–Kier alpha value is -1.49. The minimum absolute atomic E-state index is 0.501. The molecule has 2 heteroatoms. The predicted octanol–water partition coefficient (Wildman–Crippen LogP) is 3.35. The Bertz CT molecular complexity index is 375. The van der Waals surface area contributed by atoms with Gasteiger partial charge in [-0.05, 0) is 42.9 Å². The van der Waals surface area contributed by atoms with Crippen molar-refractivity contribution in [1.29, 1.82) is 5.26 Å². The van der Waals surface area contributed by atoms with E-state index >= 15 is 0 Å². The van der Waals surface area contributed by atoms with Gasteiger partial charge in [0, 0.05) is 11.7 Å². The molecule has 0 saturated heterocycles. The molecule has 1 fully saturated rings. The van der Waals surface area contributed by atoms with E-state index in [4.69, 9.17) is 5.26 Å². The van der Waals surface area contributed by atoms with E-state index in [-0.39, 0.29) is 0 Å². The second kappa shape index (κ2) is 5.03. The lowest BCUT2D eigenvalue weighted by atomic mass is 10.1. The van der Waals surface area contributed by atoms with Crippen LogP contribution in [0.1, 0.15) is 31.7 Å². The number of rotatable bonds is 3. The summed E-state index contributed by atoms with van der Waals surface area (Å²) < 4.78 is 0. The quantitative estimate of drug-likeness (QED) is 0.837. The summed E-state index contributed by atoms with van der Waals surface area (Å²) in [6.45, 7) is 2.32. The summed E-state index contributed by atoms with van der Waals surface area (Å²) in [6.07, 6.45) is 4.39. The molecule has 2 rings (SSSR count). The molecule has 1 aromatic rings. The van der Waals surface area contributed by atoms with Crippen LogP contribution < -0.4 is 5.32 Å². The van der Waals surface area contributed by atoms with E-state index in [0.29, 0.717) is 12.5 Å². The van der Waals surface area contributed by atoms with Crippen molar-refractivity contribution in [1.82, 2.24) is 0 Å². The first kappa shape index (κ1) is 11.0. The summed E-state index contributed by atoms with van der Waals surface area (Å²) in [5, 5.41) is 12.1. The lowest BCUT2D eigenvalue weighted by Crippen LogP contribution is -2.15. The number of anilines is 1. The van der Waals surface area contributed by atoms with Crippen LogP contribution in [-0.2, 0) is 6.42 Å². The number of hydrogen-bond acceptors (Lipinski definition) is 2. The van der Waals surface area contributed by atoms with Gasteiger partial charge in [-0.2, -0.15) is 5.26 Å². The van der Waals surface area contributed by atoms with Crippen molar-refractivity contribution >= 4 is 5.69 Å². The first-order chi connectivity index (χ1) is 7.78. The minimum atomic E-state index is 0.501. The van der Waals surface area contributed by atoms with Crippen LogP contribution in [0.2, 0.25) is 0 Å². The molecule has 0 heterocycles. The van der Waals surface area contributed by atoms with E-state index in [2.05, 4.69) is 30.4 Å². The number of nitrogens with zero attached hydrogens (tertiary/aromatic N) is 1. The Morgan fingerprint density at radius 2 is 2.06 bits per heavy atom. The van der Waals surface area contributed by atoms with E-state index in [1.807, 2.05) is 12.1 Å². The van der Waals surface area contributed by atoms with Gasteiger partial charge in [0.2, 0.25) is 0 Å². The van der Waals surface area contributed by atoms with Gasteiger partial charge < -0.3 is 5.32 Å². The summed E-state index contributed by atoms with van der Waals surface area (Å²) >= 11 is 0. The van der Waals surface area contributed by atoms with Gasteiger partial charge >= 0.3 is 0 Å². The van der Waals surface area contributed by atoms with Gasteiger partial charge in [0.25, 0.3) is 0 Å². The molecule has 0 aromatic heterocycles. The van der Waals surface area contributed by atoms with Crippen LogP contribution in [0.5, 0.6) is 0 Å². The molecular formula is C14H18N2. The van der Waals surface area contributed by atoms with Crippen molar-refractivity contribution in [3.05, 3.63) is 29.8 Å². The van der Waals surface area contributed by atoms with Gasteiger partial charge in [0.15, 0.2) is 0 Å². The molecule has 2 unspecified atom stereocenters. The summed E-state index contributed by atoms with van der Waals surface area (Å²) in [6, 6.07) is 11.0. The SMILES string of the molecule is CC1CCC(Nc2ccc(CC#N)cc2)C1. The summed E-state index contributed by atoms with van der Waals surface area (Å²) in [5.41, 5.74) is 2.27. The van der Waals surface area contributed by atoms with E-state index in [1.54, 1.807) is 0 Å². The molecule has 1 aliphatic carbocycles. The third-order valence-electron chi connectivity index (χ3n) is 3.30. The lowest BCUT2D eigenvalue weighted by molar-refractivity contribution is 0.602. The van der Waals surface area contributed by atoms with Crippen molar-refractivity contribution in [2.45, 2.75) is 38.6 Å². The topological polar surface area (TPSA) is 35.8 Å². The zero-order valence-corrected chi connectivity index (χ0v) is 9.74. The molecule has 0 amide bonds. The molecule has 1 aromatic carbocycles. The van der Waals surface area contributed by atoms with Gasteiger partial charge in [-0.1, -0.05) is 19.1 Å². The molecule has 1 N–H and O–H groups in total. The third-order valence-corrected chi connectivity index (χ3v) is 3.30. The van der Waals surface area contributed by atoms with Crippen LogP contribution in [-0.4, -0.2) is 6.04 Å². The monoisotopic (exact) mass is 214 g/mol. The molecule has 1 saturated carbocycles. The van der Waals surface area contributed by atoms with Gasteiger partial charge in [0.05, 0.1) is 12.5 Å². The highest BCUT2D eigenvalue weighted by Crippen LogP contribution is 2.27. The minimum Gasteiger partial charge on any atom is -0.382 e. The van der Waals surface area contributed by atoms with Crippen molar-refractivity contribution in [3.63, 3.8) is 0 Å². The Morgan fingerprint density at radius 1 is 1.31 bits per heavy atom. The molecule has 16 heavy (non-hydrogen) atoms. The predicted molar refractivity (Wildman–Crippen MR) is 66.2 cm³/mol. The molecule has 0 bridgehead atoms. The van der Waals surface area contributed by atoms with E-state index in [0.717, 1.165) is 11.5 Å². The fourth-order valence-corrected chi connectivity index (χ4v) is 2.38. The second-order valence-corrected chi connectivity index (χ2v) is 4.79. The van der Waals surface area contributed by atoms with Crippen molar-refractivity contribution < 1.29 is 0 Å². The average Bonchev–Trinajstić information content (AvgIpc) is 2.67. The maximum Gasteiger partial charge on any atom is 0.0669 e. The van der Waals surface area contributed by atoms with Crippen LogP contribution in [0.3, 0.4) is 0 Å². The van der Waals surface area contributed by atoms with Crippen LogP contribution in [0.4, 0.5) is 5.69 Å². The largest absolute Gasteiger partial charge is 0.382 e. The van der Waals surface area contributed by atoms with Gasteiger partial charge in [-0.25, -0.2) is 0 Å². The average molecular weight is 214 g/mol. The highest BCUT2D eigenvalue weighted by atomic mass is 14.9. The van der Waals surface area contributed by atoms with Crippen molar-refractivity contribution in [3.8, 4) is 6.07 Å². The molecule has 0 aliphatic heterocycles. The molecule has 2 nitrogen and oxygen atoms in total. The molecule has 2 atom stereocenters. The number of hydrogen-bond donors (Lipinski definition) is 1. The molecule has 1 aliphatic rings. The summed E-state index contributed by atoms with van der Waals surface area (Å²) in [5.74, 6) is 0.857. The van der Waals surface area contributed by atoms with Crippen molar-refractivity contribution in [2.75, 3.05) is 5.32 Å². The third kappa shape index (κ3) is 2.76. The van der Waals surface area contributed by atoms with E-state index in [9.17, 15) is 0 Å². The molecule has 0 spiro atoms. The Kier molecular flexibility index (Phi) is 3.46. The van der Waals surface area contributed by atoms with Gasteiger partial charge in [0.1, 0.15) is 0 Å². The van der Waals surface area contributed by atoms with E-state index in [1.165, 1.54) is 24.9 Å². The van der Waals surface area contributed by atoms with Crippen LogP contribution in [0, 0.1) is 17.2 Å². The van der Waals surface area contributed by atoms with Gasteiger partial charge in [-0.3, -0.25) is 0 Å². The second-order valence-electron chi connectivity index (χ2n) is 4.79. The van der Waals surface area contributed by atoms with Crippen LogP contribution in [0.25, 0.3) is 0 Å². The van der Waals surface area contributed by atoms with Crippen LogP contribution in [0.15, 0.2) is 24.3 Å². The number of nitrogens with one attached hydrogen (secondary N) is 1. The fraction of sp³-hybridized carbons (Fsp3) is 0.500. The maximum absolute atomic E-state index is 8.58. The highest BCUT2D eigenvalue weighted by molar-refractivity contribution is 5.46. The molecular weight excluding hydrogens is 196 g/mol. The van der Waals surface area contributed by atoms with Crippen molar-refractivity contribution in [2.24, 2.45) is 5.92 Å². The Balaban J connectivity index is 1.92. The normalized spacial score (nSPS) is 24.0. The highest BCUT2D eigenvalue weighted by Gasteiger charge is 2.20. The molecule has 84 valence electrons. The zero-order chi connectivity index (χ0) is 11.4. The number of benzene rings is 1. The first-order valence-electron chi connectivity index (χ1n) is 6.00. The first-order valence-corrected chi connectivity index (χ1v) is 6.00. The van der Waals surface area contributed by atoms with E-state index < -0.39 is 0 Å². The Morgan fingerprint density at radius 3 is 2.62 bits per heavy atom. The summed E-state index contributed by atoms with van der Waals surface area (Å²) in [4.78, 5) is 0. The fourth-order valence-electron chi connectivity index (χ4n) is 2.38. The Labute approximate surface area is 97.3 Å². The summed E-state index contributed by atoms with van der Waals surface area (Å²) in [7, 11) is 0.